The Hall–Kier alpha value is -1.42. The third kappa shape index (κ3) is 10.5. The van der Waals surface area contributed by atoms with Crippen molar-refractivity contribution in [3.63, 3.8) is 0 Å². The van der Waals surface area contributed by atoms with Gasteiger partial charge in [0.1, 0.15) is 6.29 Å². The van der Waals surface area contributed by atoms with Crippen LogP contribution in [0.3, 0.4) is 0 Å². The first-order chi connectivity index (χ1) is 7.16. The molecular weight excluding hydrogens is 196 g/mol. The molecule has 0 fully saturated rings. The van der Waals surface area contributed by atoms with Gasteiger partial charge in [0.25, 0.3) is 0 Å². The first kappa shape index (κ1) is 13.6. The van der Waals surface area contributed by atoms with Gasteiger partial charge in [0, 0.05) is 6.42 Å². The van der Waals surface area contributed by atoms with Crippen LogP contribution in [0.1, 0.15) is 25.7 Å². The average molecular weight is 212 g/mol. The van der Waals surface area contributed by atoms with E-state index in [0.29, 0.717) is 25.5 Å². The molecular formula is C11H16O4. The van der Waals surface area contributed by atoms with Crippen LogP contribution < -0.4 is 0 Å². The van der Waals surface area contributed by atoms with Gasteiger partial charge in [-0.05, 0) is 25.3 Å². The maximum Gasteiger partial charge on any atom is 0.303 e. The lowest BCUT2D eigenvalue weighted by Gasteiger charge is -1.98. The lowest BCUT2D eigenvalue weighted by atomic mass is 10.2. The highest BCUT2D eigenvalue weighted by Gasteiger charge is 1.95. The standard InChI is InChI=1S/C11H16O4/c12-9-5-7-10(13)6-3-1-2-4-8-11(14)15/h1,3,5,7,9-10,13H,2,4,6,8H2,(H,14,15)/b3-1-,7-5+. The minimum Gasteiger partial charge on any atom is -0.481 e. The Labute approximate surface area is 88.9 Å². The zero-order valence-corrected chi connectivity index (χ0v) is 8.50. The van der Waals surface area contributed by atoms with E-state index >= 15 is 0 Å². The molecule has 1 atom stereocenters. The maximum absolute atomic E-state index is 10.2. The van der Waals surface area contributed by atoms with Crippen LogP contribution in [0.5, 0.6) is 0 Å². The molecule has 0 saturated heterocycles. The van der Waals surface area contributed by atoms with Crippen molar-refractivity contribution in [2.45, 2.75) is 31.8 Å². The summed E-state index contributed by atoms with van der Waals surface area (Å²) in [7, 11) is 0. The van der Waals surface area contributed by atoms with Gasteiger partial charge in [0.05, 0.1) is 6.10 Å². The summed E-state index contributed by atoms with van der Waals surface area (Å²) in [6.45, 7) is 0. The summed E-state index contributed by atoms with van der Waals surface area (Å²) in [6.07, 6.45) is 8.14. The quantitative estimate of drug-likeness (QED) is 0.275. The Bertz CT molecular complexity index is 243. The Morgan fingerprint density at radius 3 is 2.67 bits per heavy atom. The molecule has 2 N–H and O–H groups in total. The first-order valence-electron chi connectivity index (χ1n) is 4.83. The molecule has 4 nitrogen and oxygen atoms in total. The Kier molecular flexibility index (Phi) is 8.28. The predicted molar refractivity (Wildman–Crippen MR) is 56.5 cm³/mol. The molecule has 0 bridgehead atoms. The zero-order chi connectivity index (χ0) is 11.5. The van der Waals surface area contributed by atoms with Crippen molar-refractivity contribution in [2.24, 2.45) is 0 Å². The molecule has 0 radical (unpaired) electrons. The fourth-order valence-electron chi connectivity index (χ4n) is 0.977. The number of aliphatic hydroxyl groups excluding tert-OH is 1. The number of aliphatic carboxylic acids is 1. The molecule has 0 heterocycles. The molecule has 0 aromatic carbocycles. The molecule has 0 amide bonds. The van der Waals surface area contributed by atoms with Gasteiger partial charge in [0.2, 0.25) is 0 Å². The second-order valence-corrected chi connectivity index (χ2v) is 3.08. The van der Waals surface area contributed by atoms with Crippen molar-refractivity contribution in [1.29, 1.82) is 0 Å². The highest BCUT2D eigenvalue weighted by Crippen LogP contribution is 2.00. The number of rotatable bonds is 8. The van der Waals surface area contributed by atoms with Crippen LogP contribution in [-0.4, -0.2) is 28.6 Å². The van der Waals surface area contributed by atoms with Crippen molar-refractivity contribution >= 4 is 12.3 Å². The summed E-state index contributed by atoms with van der Waals surface area (Å²) in [6, 6.07) is 0. The number of allylic oxidation sites excluding steroid dienone is 2. The van der Waals surface area contributed by atoms with Gasteiger partial charge in [-0.25, -0.2) is 0 Å². The van der Waals surface area contributed by atoms with E-state index in [4.69, 9.17) is 5.11 Å². The van der Waals surface area contributed by atoms with Gasteiger partial charge < -0.3 is 10.2 Å². The van der Waals surface area contributed by atoms with Crippen molar-refractivity contribution in [3.8, 4) is 0 Å². The van der Waals surface area contributed by atoms with Crippen LogP contribution in [0.4, 0.5) is 0 Å². The van der Waals surface area contributed by atoms with Crippen molar-refractivity contribution in [1.82, 2.24) is 0 Å². The average Bonchev–Trinajstić information content (AvgIpc) is 2.19. The van der Waals surface area contributed by atoms with Crippen LogP contribution in [0.25, 0.3) is 0 Å². The minimum atomic E-state index is -0.794. The highest BCUT2D eigenvalue weighted by molar-refractivity contribution is 5.66. The molecule has 0 saturated carbocycles. The van der Waals surface area contributed by atoms with Crippen molar-refractivity contribution in [2.75, 3.05) is 0 Å². The molecule has 0 aliphatic carbocycles. The first-order valence-corrected chi connectivity index (χ1v) is 4.83. The Morgan fingerprint density at radius 2 is 2.07 bits per heavy atom. The molecule has 15 heavy (non-hydrogen) atoms. The van der Waals surface area contributed by atoms with Gasteiger partial charge in [0.15, 0.2) is 0 Å². The van der Waals surface area contributed by atoms with Gasteiger partial charge in [-0.2, -0.15) is 0 Å². The molecule has 1 unspecified atom stereocenters. The largest absolute Gasteiger partial charge is 0.481 e. The third-order valence-electron chi connectivity index (χ3n) is 1.72. The molecule has 4 heteroatoms. The van der Waals surface area contributed by atoms with E-state index in [-0.39, 0.29) is 6.42 Å². The van der Waals surface area contributed by atoms with Crippen molar-refractivity contribution in [3.05, 3.63) is 24.3 Å². The van der Waals surface area contributed by atoms with E-state index in [1.807, 2.05) is 6.08 Å². The van der Waals surface area contributed by atoms with Gasteiger partial charge in [-0.15, -0.1) is 0 Å². The smallest absolute Gasteiger partial charge is 0.303 e. The summed E-state index contributed by atoms with van der Waals surface area (Å²) in [5.74, 6) is -0.794. The number of carbonyl (C=O) groups excluding carboxylic acids is 1. The number of aldehydes is 1. The number of aliphatic hydroxyl groups is 1. The highest BCUT2D eigenvalue weighted by atomic mass is 16.4. The topological polar surface area (TPSA) is 74.6 Å². The zero-order valence-electron chi connectivity index (χ0n) is 8.50. The lowest BCUT2D eigenvalue weighted by molar-refractivity contribution is -0.137. The van der Waals surface area contributed by atoms with Crippen LogP contribution in [0.2, 0.25) is 0 Å². The van der Waals surface area contributed by atoms with E-state index in [1.54, 1.807) is 6.08 Å². The fraction of sp³-hybridized carbons (Fsp3) is 0.455. The SMILES string of the molecule is O=C/C=C/C(O)C/C=C\CCCC(=O)O. The maximum atomic E-state index is 10.2. The number of carboxylic acid groups (broad SMARTS) is 1. The molecule has 0 aliphatic heterocycles. The minimum absolute atomic E-state index is 0.165. The van der Waals surface area contributed by atoms with Crippen molar-refractivity contribution < 1.29 is 19.8 Å². The molecule has 0 rings (SSSR count). The number of hydrogen-bond donors (Lipinski definition) is 2. The Morgan fingerprint density at radius 1 is 1.33 bits per heavy atom. The normalized spacial score (nSPS) is 13.4. The van der Waals surface area contributed by atoms with E-state index in [1.165, 1.54) is 12.2 Å². The van der Waals surface area contributed by atoms with Gasteiger partial charge in [-0.3, -0.25) is 9.59 Å². The molecule has 0 spiro atoms. The monoisotopic (exact) mass is 212 g/mol. The van der Waals surface area contributed by atoms with Crippen LogP contribution in [0, 0.1) is 0 Å². The third-order valence-corrected chi connectivity index (χ3v) is 1.72. The lowest BCUT2D eigenvalue weighted by Crippen LogP contribution is -1.99. The summed E-state index contributed by atoms with van der Waals surface area (Å²) in [5, 5.41) is 17.6. The number of hydrogen-bond acceptors (Lipinski definition) is 3. The summed E-state index contributed by atoms with van der Waals surface area (Å²) < 4.78 is 0. The molecule has 0 aliphatic rings. The van der Waals surface area contributed by atoms with E-state index in [9.17, 15) is 14.7 Å². The predicted octanol–water partition coefficient (Wildman–Crippen LogP) is 1.30. The van der Waals surface area contributed by atoms with Gasteiger partial charge >= 0.3 is 5.97 Å². The van der Waals surface area contributed by atoms with Gasteiger partial charge in [-0.1, -0.05) is 18.2 Å². The van der Waals surface area contributed by atoms with E-state index in [2.05, 4.69) is 0 Å². The molecule has 84 valence electrons. The summed E-state index contributed by atoms with van der Waals surface area (Å²) in [4.78, 5) is 20.1. The van der Waals surface area contributed by atoms with Crippen LogP contribution >= 0.6 is 0 Å². The fourth-order valence-corrected chi connectivity index (χ4v) is 0.977. The second kappa shape index (κ2) is 9.15. The number of carboxylic acids is 1. The van der Waals surface area contributed by atoms with Crippen LogP contribution in [0.15, 0.2) is 24.3 Å². The van der Waals surface area contributed by atoms with E-state index in [0.717, 1.165) is 0 Å². The second-order valence-electron chi connectivity index (χ2n) is 3.08. The molecule has 0 aromatic heterocycles. The summed E-state index contributed by atoms with van der Waals surface area (Å²) >= 11 is 0. The number of carbonyl (C=O) groups is 2. The molecule has 0 aromatic rings. The summed E-state index contributed by atoms with van der Waals surface area (Å²) in [5.41, 5.74) is 0. The Balaban J connectivity index is 3.49. The van der Waals surface area contributed by atoms with Crippen LogP contribution in [-0.2, 0) is 9.59 Å². The van der Waals surface area contributed by atoms with E-state index < -0.39 is 12.1 Å². The number of unbranched alkanes of at least 4 members (excludes halogenated alkanes) is 1.